The summed E-state index contributed by atoms with van der Waals surface area (Å²) in [6.07, 6.45) is 4.88. The third-order valence-electron chi connectivity index (χ3n) is 5.26. The van der Waals surface area contributed by atoms with E-state index in [1.54, 1.807) is 0 Å². The Balaban J connectivity index is 1.58. The van der Waals surface area contributed by atoms with Crippen LogP contribution in [0.1, 0.15) is 45.1 Å². The number of carbonyl (C=O) groups is 1. The van der Waals surface area contributed by atoms with E-state index in [1.165, 1.54) is 12.8 Å². The minimum absolute atomic E-state index is 0.186. The fourth-order valence-electron chi connectivity index (χ4n) is 3.42. The lowest BCUT2D eigenvalue weighted by molar-refractivity contribution is -0.137. The van der Waals surface area contributed by atoms with Crippen LogP contribution < -0.4 is 5.32 Å². The van der Waals surface area contributed by atoms with Crippen LogP contribution in [-0.2, 0) is 10.2 Å². The second kappa shape index (κ2) is 6.82. The van der Waals surface area contributed by atoms with Gasteiger partial charge in [0.2, 0.25) is 5.91 Å². The molecular weight excluding hydrogens is 308 g/mol. The second-order valence-corrected chi connectivity index (χ2v) is 7.93. The molecule has 1 aliphatic carbocycles. The second-order valence-electron chi connectivity index (χ2n) is 7.52. The quantitative estimate of drug-likeness (QED) is 0.892. The largest absolute Gasteiger partial charge is 0.342 e. The van der Waals surface area contributed by atoms with E-state index >= 15 is 0 Å². The Bertz CT molecular complexity index is 560. The average molecular weight is 335 g/mol. The third kappa shape index (κ3) is 3.89. The first-order valence-electron chi connectivity index (χ1n) is 8.76. The van der Waals surface area contributed by atoms with Gasteiger partial charge in [0, 0.05) is 24.2 Å². The van der Waals surface area contributed by atoms with Gasteiger partial charge in [0.05, 0.1) is 5.41 Å². The van der Waals surface area contributed by atoms with Crippen LogP contribution in [0.2, 0.25) is 5.02 Å². The van der Waals surface area contributed by atoms with E-state index in [2.05, 4.69) is 5.32 Å². The van der Waals surface area contributed by atoms with Gasteiger partial charge in [-0.25, -0.2) is 0 Å². The Morgan fingerprint density at radius 2 is 1.87 bits per heavy atom. The summed E-state index contributed by atoms with van der Waals surface area (Å²) in [6.45, 7) is 6.80. The van der Waals surface area contributed by atoms with Gasteiger partial charge in [-0.05, 0) is 63.6 Å². The number of benzene rings is 1. The highest BCUT2D eigenvalue weighted by Gasteiger charge is 2.36. The number of halogens is 1. The minimum Gasteiger partial charge on any atom is -0.342 e. The molecule has 0 radical (unpaired) electrons. The highest BCUT2D eigenvalue weighted by Crippen LogP contribution is 2.32. The van der Waals surface area contributed by atoms with Crippen molar-refractivity contribution in [1.29, 1.82) is 0 Å². The number of hydrogen-bond donors (Lipinski definition) is 1. The molecule has 0 bridgehead atoms. The van der Waals surface area contributed by atoms with Gasteiger partial charge in [0.25, 0.3) is 0 Å². The zero-order valence-corrected chi connectivity index (χ0v) is 14.9. The minimum atomic E-state index is -0.577. The molecule has 126 valence electrons. The van der Waals surface area contributed by atoms with E-state index < -0.39 is 5.41 Å². The summed E-state index contributed by atoms with van der Waals surface area (Å²) >= 11 is 6.31. The van der Waals surface area contributed by atoms with Crippen molar-refractivity contribution in [2.75, 3.05) is 19.6 Å². The summed E-state index contributed by atoms with van der Waals surface area (Å²) in [5.41, 5.74) is 0.341. The van der Waals surface area contributed by atoms with E-state index in [0.717, 1.165) is 44.0 Å². The maximum atomic E-state index is 13.0. The number of amides is 1. The van der Waals surface area contributed by atoms with Gasteiger partial charge in [0.15, 0.2) is 0 Å². The van der Waals surface area contributed by atoms with Crippen LogP contribution in [0, 0.1) is 5.92 Å². The molecule has 1 N–H and O–H groups in total. The number of nitrogens with one attached hydrogen (secondary N) is 1. The molecule has 1 saturated carbocycles. The summed E-state index contributed by atoms with van der Waals surface area (Å²) in [5.74, 6) is 1.10. The first kappa shape index (κ1) is 16.8. The van der Waals surface area contributed by atoms with Gasteiger partial charge in [0.1, 0.15) is 0 Å². The maximum Gasteiger partial charge on any atom is 0.232 e. The Hall–Kier alpha value is -1.06. The summed E-state index contributed by atoms with van der Waals surface area (Å²) in [5, 5.41) is 4.34. The Labute approximate surface area is 144 Å². The zero-order chi connectivity index (χ0) is 16.4. The molecule has 0 aromatic heterocycles. The molecule has 0 unspecified atom stereocenters. The van der Waals surface area contributed by atoms with Gasteiger partial charge in [-0.15, -0.1) is 0 Å². The summed E-state index contributed by atoms with van der Waals surface area (Å²) < 4.78 is 0. The van der Waals surface area contributed by atoms with Crippen molar-refractivity contribution >= 4 is 17.5 Å². The van der Waals surface area contributed by atoms with Gasteiger partial charge < -0.3 is 10.2 Å². The van der Waals surface area contributed by atoms with Crippen LogP contribution >= 0.6 is 11.6 Å². The van der Waals surface area contributed by atoms with Crippen molar-refractivity contribution < 1.29 is 4.79 Å². The van der Waals surface area contributed by atoms with Crippen LogP contribution in [0.3, 0.4) is 0 Å². The Kier molecular flexibility index (Phi) is 4.98. The average Bonchev–Trinajstić information content (AvgIpc) is 3.37. The molecule has 3 rings (SSSR count). The molecule has 23 heavy (non-hydrogen) atoms. The van der Waals surface area contributed by atoms with Crippen LogP contribution in [0.5, 0.6) is 0 Å². The lowest BCUT2D eigenvalue weighted by Gasteiger charge is -2.37. The first-order chi connectivity index (χ1) is 11.0. The van der Waals surface area contributed by atoms with Gasteiger partial charge >= 0.3 is 0 Å². The van der Waals surface area contributed by atoms with Crippen LogP contribution in [0.25, 0.3) is 0 Å². The van der Waals surface area contributed by atoms with Gasteiger partial charge in [-0.2, -0.15) is 0 Å². The lowest BCUT2D eigenvalue weighted by atomic mass is 9.82. The van der Waals surface area contributed by atoms with E-state index in [1.807, 2.05) is 43.0 Å². The summed E-state index contributed by atoms with van der Waals surface area (Å²) in [7, 11) is 0. The molecule has 1 amide bonds. The van der Waals surface area contributed by atoms with Crippen molar-refractivity contribution in [2.24, 2.45) is 5.92 Å². The number of nitrogens with zero attached hydrogens (tertiary/aromatic N) is 1. The Morgan fingerprint density at radius 1 is 1.22 bits per heavy atom. The third-order valence-corrected chi connectivity index (χ3v) is 5.59. The highest BCUT2D eigenvalue weighted by atomic mass is 35.5. The fourth-order valence-corrected chi connectivity index (χ4v) is 3.79. The maximum absolute atomic E-state index is 13.0. The number of piperidine rings is 1. The van der Waals surface area contributed by atoms with Crippen molar-refractivity contribution in [1.82, 2.24) is 10.2 Å². The van der Waals surface area contributed by atoms with Crippen LogP contribution in [-0.4, -0.2) is 36.5 Å². The normalized spacial score (nSPS) is 19.9. The predicted molar refractivity (Wildman–Crippen MR) is 94.8 cm³/mol. The molecule has 1 heterocycles. The Morgan fingerprint density at radius 3 is 2.48 bits per heavy atom. The predicted octanol–water partition coefficient (Wildman–Crippen LogP) is 3.61. The molecule has 1 saturated heterocycles. The molecule has 0 spiro atoms. The first-order valence-corrected chi connectivity index (χ1v) is 9.14. The molecule has 0 atom stereocenters. The lowest BCUT2D eigenvalue weighted by Crippen LogP contribution is -2.50. The highest BCUT2D eigenvalue weighted by molar-refractivity contribution is 6.31. The number of carbonyl (C=O) groups excluding carboxylic acids is 1. The van der Waals surface area contributed by atoms with Crippen molar-refractivity contribution in [2.45, 2.75) is 51.0 Å². The number of likely N-dealkylation sites (tertiary alicyclic amines) is 1. The number of rotatable bonds is 5. The van der Waals surface area contributed by atoms with E-state index in [9.17, 15) is 4.79 Å². The molecule has 2 aliphatic rings. The standard InChI is InChI=1S/C19H27ClN2O/c1-19(2,16-5-3-4-6-17(16)20)18(23)22-11-9-15(10-12-22)21-13-14-7-8-14/h3-6,14-15,21H,7-13H2,1-2H3. The van der Waals surface area contributed by atoms with E-state index in [4.69, 9.17) is 11.6 Å². The van der Waals surface area contributed by atoms with Crippen LogP contribution in [0.15, 0.2) is 24.3 Å². The smallest absolute Gasteiger partial charge is 0.232 e. The van der Waals surface area contributed by atoms with Crippen molar-refractivity contribution in [3.8, 4) is 0 Å². The molecule has 1 aromatic rings. The zero-order valence-electron chi connectivity index (χ0n) is 14.1. The molecule has 2 fully saturated rings. The SMILES string of the molecule is CC(C)(C(=O)N1CCC(NCC2CC2)CC1)c1ccccc1Cl. The molecule has 3 nitrogen and oxygen atoms in total. The fraction of sp³-hybridized carbons (Fsp3) is 0.632. The van der Waals surface area contributed by atoms with Crippen molar-refractivity contribution in [3.63, 3.8) is 0 Å². The molecule has 1 aromatic carbocycles. The molecule has 4 heteroatoms. The van der Waals surface area contributed by atoms with Crippen molar-refractivity contribution in [3.05, 3.63) is 34.9 Å². The summed E-state index contributed by atoms with van der Waals surface area (Å²) in [6, 6.07) is 8.25. The van der Waals surface area contributed by atoms with Gasteiger partial charge in [-0.1, -0.05) is 29.8 Å². The topological polar surface area (TPSA) is 32.3 Å². The van der Waals surface area contributed by atoms with Crippen LogP contribution in [0.4, 0.5) is 0 Å². The number of hydrogen-bond acceptors (Lipinski definition) is 2. The summed E-state index contributed by atoms with van der Waals surface area (Å²) in [4.78, 5) is 15.0. The van der Waals surface area contributed by atoms with E-state index in [0.29, 0.717) is 11.1 Å². The monoisotopic (exact) mass is 334 g/mol. The van der Waals surface area contributed by atoms with E-state index in [-0.39, 0.29) is 5.91 Å². The molecule has 1 aliphatic heterocycles. The van der Waals surface area contributed by atoms with Gasteiger partial charge in [-0.3, -0.25) is 4.79 Å². The molecular formula is C19H27ClN2O.